The molecule has 0 aromatic heterocycles. The van der Waals surface area contributed by atoms with Gasteiger partial charge in [0.25, 0.3) is 0 Å². The van der Waals surface area contributed by atoms with Crippen molar-refractivity contribution in [2.24, 2.45) is 0 Å². The predicted octanol–water partition coefficient (Wildman–Crippen LogP) is 4.91. The van der Waals surface area contributed by atoms with Crippen molar-refractivity contribution < 1.29 is 9.53 Å². The van der Waals surface area contributed by atoms with Crippen molar-refractivity contribution >= 4 is 17.9 Å². The van der Waals surface area contributed by atoms with Gasteiger partial charge in [0.1, 0.15) is 0 Å². The van der Waals surface area contributed by atoms with E-state index in [1.54, 1.807) is 11.9 Å². The number of nitrogens with zero attached hydrogens (tertiary/aromatic N) is 1. The molecular weight excluding hydrogens is 318 g/mol. The lowest BCUT2D eigenvalue weighted by Crippen LogP contribution is -2.25. The van der Waals surface area contributed by atoms with Crippen LogP contribution in [-0.4, -0.2) is 23.9 Å². The van der Waals surface area contributed by atoms with Crippen LogP contribution in [0.5, 0.6) is 0 Å². The van der Waals surface area contributed by atoms with Crippen molar-refractivity contribution in [3.63, 3.8) is 0 Å². The van der Waals surface area contributed by atoms with Gasteiger partial charge in [-0.15, -0.1) is 0 Å². The number of hydrogen-bond acceptors (Lipinski definition) is 4. The maximum Gasteiger partial charge on any atom is 0.337 e. The normalized spacial score (nSPS) is 15.9. The van der Waals surface area contributed by atoms with E-state index in [-0.39, 0.29) is 5.97 Å². The SMILES string of the molecule is C\C=C/C(=C\C=C/CC)SN1CCc2cc(C(=O)OC)ccc2C1. The Bertz CT molecular complexity index is 662. The van der Waals surface area contributed by atoms with Gasteiger partial charge >= 0.3 is 5.97 Å². The molecule has 24 heavy (non-hydrogen) atoms. The zero-order valence-corrected chi connectivity index (χ0v) is 15.4. The first-order valence-electron chi connectivity index (χ1n) is 8.30. The minimum absolute atomic E-state index is 0.268. The largest absolute Gasteiger partial charge is 0.465 e. The minimum atomic E-state index is -0.268. The van der Waals surface area contributed by atoms with Crippen LogP contribution in [0.15, 0.2) is 53.5 Å². The van der Waals surface area contributed by atoms with Gasteiger partial charge in [-0.2, -0.15) is 0 Å². The lowest BCUT2D eigenvalue weighted by atomic mass is 9.98. The molecule has 1 aromatic rings. The molecule has 0 radical (unpaired) electrons. The predicted molar refractivity (Wildman–Crippen MR) is 102 cm³/mol. The molecule has 2 rings (SSSR count). The first kappa shape index (κ1) is 18.6. The lowest BCUT2D eigenvalue weighted by molar-refractivity contribution is 0.0600. The third kappa shape index (κ3) is 5.11. The van der Waals surface area contributed by atoms with Gasteiger partial charge in [-0.05, 0) is 61.0 Å². The number of allylic oxidation sites excluding steroid dienone is 5. The molecule has 1 heterocycles. The summed E-state index contributed by atoms with van der Waals surface area (Å²) >= 11 is 1.78. The van der Waals surface area contributed by atoms with E-state index in [2.05, 4.69) is 41.6 Å². The Labute approximate surface area is 149 Å². The van der Waals surface area contributed by atoms with Gasteiger partial charge in [-0.25, -0.2) is 9.10 Å². The van der Waals surface area contributed by atoms with E-state index in [4.69, 9.17) is 4.74 Å². The standard InChI is InChI=1S/C20H25NO2S/c1-4-6-7-9-19(8-5-2)24-21-13-12-16-14-17(20(22)23-3)10-11-18(16)15-21/h5-11,14H,4,12-13,15H2,1-3H3/b7-6-,8-5-,19-9+. The molecule has 0 saturated carbocycles. The van der Waals surface area contributed by atoms with Crippen LogP contribution >= 0.6 is 11.9 Å². The molecule has 0 N–H and O–H groups in total. The topological polar surface area (TPSA) is 29.5 Å². The quantitative estimate of drug-likeness (QED) is 0.417. The van der Waals surface area contributed by atoms with E-state index < -0.39 is 0 Å². The average molecular weight is 343 g/mol. The fourth-order valence-electron chi connectivity index (χ4n) is 2.58. The summed E-state index contributed by atoms with van der Waals surface area (Å²) in [6.07, 6.45) is 12.6. The van der Waals surface area contributed by atoms with Crippen molar-refractivity contribution in [1.29, 1.82) is 0 Å². The molecule has 0 spiro atoms. The molecule has 0 saturated heterocycles. The molecular formula is C20H25NO2S. The third-order valence-corrected chi connectivity index (χ3v) is 4.86. The Morgan fingerprint density at radius 1 is 1.38 bits per heavy atom. The van der Waals surface area contributed by atoms with Crippen molar-refractivity contribution in [2.75, 3.05) is 13.7 Å². The summed E-state index contributed by atoms with van der Waals surface area (Å²) in [6.45, 7) is 6.03. The van der Waals surface area contributed by atoms with Crippen LogP contribution in [0.4, 0.5) is 0 Å². The Kier molecular flexibility index (Phi) is 7.35. The number of carbonyl (C=O) groups excluding carboxylic acids is 1. The molecule has 0 unspecified atom stereocenters. The van der Waals surface area contributed by atoms with Crippen molar-refractivity contribution in [3.05, 3.63) is 70.2 Å². The maximum absolute atomic E-state index is 11.6. The highest BCUT2D eigenvalue weighted by atomic mass is 32.2. The van der Waals surface area contributed by atoms with Crippen molar-refractivity contribution in [3.8, 4) is 0 Å². The molecule has 0 amide bonds. The number of benzene rings is 1. The van der Waals surface area contributed by atoms with Gasteiger partial charge in [0, 0.05) is 18.0 Å². The summed E-state index contributed by atoms with van der Waals surface area (Å²) in [4.78, 5) is 12.9. The maximum atomic E-state index is 11.6. The summed E-state index contributed by atoms with van der Waals surface area (Å²) in [5, 5.41) is 0. The van der Waals surface area contributed by atoms with Crippen LogP contribution in [0.3, 0.4) is 0 Å². The van der Waals surface area contributed by atoms with Crippen LogP contribution in [0, 0.1) is 0 Å². The molecule has 0 aliphatic carbocycles. The summed E-state index contributed by atoms with van der Waals surface area (Å²) in [5.74, 6) is -0.268. The smallest absolute Gasteiger partial charge is 0.337 e. The molecule has 0 fully saturated rings. The lowest BCUT2D eigenvalue weighted by Gasteiger charge is -2.28. The fourth-order valence-corrected chi connectivity index (χ4v) is 3.60. The van der Waals surface area contributed by atoms with Gasteiger partial charge < -0.3 is 4.74 Å². The summed E-state index contributed by atoms with van der Waals surface area (Å²) in [5.41, 5.74) is 3.17. The van der Waals surface area contributed by atoms with Gasteiger partial charge in [0.05, 0.1) is 12.7 Å². The Morgan fingerprint density at radius 3 is 2.92 bits per heavy atom. The zero-order valence-electron chi connectivity index (χ0n) is 14.6. The van der Waals surface area contributed by atoms with Gasteiger partial charge in [-0.1, -0.05) is 37.3 Å². The number of carbonyl (C=O) groups is 1. The molecule has 0 atom stereocenters. The van der Waals surface area contributed by atoms with E-state index in [0.29, 0.717) is 5.56 Å². The molecule has 1 aromatic carbocycles. The number of rotatable bonds is 6. The van der Waals surface area contributed by atoms with Gasteiger partial charge in [0.2, 0.25) is 0 Å². The Balaban J connectivity index is 2.07. The van der Waals surface area contributed by atoms with Crippen molar-refractivity contribution in [1.82, 2.24) is 4.31 Å². The van der Waals surface area contributed by atoms with Crippen LogP contribution < -0.4 is 0 Å². The highest BCUT2D eigenvalue weighted by Crippen LogP contribution is 2.30. The number of ether oxygens (including phenoxy) is 1. The first-order chi connectivity index (χ1) is 11.7. The molecule has 4 heteroatoms. The fraction of sp³-hybridized carbons (Fsp3) is 0.350. The highest BCUT2D eigenvalue weighted by molar-refractivity contribution is 8.01. The second-order valence-electron chi connectivity index (χ2n) is 5.59. The Hall–Kier alpha value is -1.78. The molecule has 0 bridgehead atoms. The monoisotopic (exact) mass is 343 g/mol. The minimum Gasteiger partial charge on any atom is -0.465 e. The van der Waals surface area contributed by atoms with Crippen LogP contribution in [0.1, 0.15) is 41.8 Å². The van der Waals surface area contributed by atoms with Crippen LogP contribution in [0.2, 0.25) is 0 Å². The number of fused-ring (bicyclic) bond motifs is 1. The van der Waals surface area contributed by atoms with E-state index >= 15 is 0 Å². The molecule has 1 aliphatic heterocycles. The van der Waals surface area contributed by atoms with E-state index in [1.165, 1.54) is 23.1 Å². The molecule has 128 valence electrons. The summed E-state index contributed by atoms with van der Waals surface area (Å²) < 4.78 is 7.17. The second kappa shape index (κ2) is 9.50. The van der Waals surface area contributed by atoms with E-state index in [1.807, 2.05) is 25.1 Å². The van der Waals surface area contributed by atoms with Gasteiger partial charge in [-0.3, -0.25) is 0 Å². The zero-order chi connectivity index (χ0) is 17.4. The van der Waals surface area contributed by atoms with Crippen molar-refractivity contribution in [2.45, 2.75) is 33.2 Å². The summed E-state index contributed by atoms with van der Waals surface area (Å²) in [7, 11) is 1.42. The van der Waals surface area contributed by atoms with Gasteiger partial charge in [0.15, 0.2) is 0 Å². The number of esters is 1. The molecule has 1 aliphatic rings. The van der Waals surface area contributed by atoms with Crippen LogP contribution in [0.25, 0.3) is 0 Å². The summed E-state index contributed by atoms with van der Waals surface area (Å²) in [6, 6.07) is 5.87. The Morgan fingerprint density at radius 2 is 2.21 bits per heavy atom. The first-order valence-corrected chi connectivity index (χ1v) is 9.07. The van der Waals surface area contributed by atoms with Crippen LogP contribution in [-0.2, 0) is 17.7 Å². The molecule has 3 nitrogen and oxygen atoms in total. The third-order valence-electron chi connectivity index (χ3n) is 3.80. The number of hydrogen-bond donors (Lipinski definition) is 0. The average Bonchev–Trinajstić information content (AvgIpc) is 2.61. The van der Waals surface area contributed by atoms with E-state index in [0.717, 1.165) is 25.9 Å². The van der Waals surface area contributed by atoms with E-state index in [9.17, 15) is 4.79 Å². The number of methoxy groups -OCH3 is 1. The highest BCUT2D eigenvalue weighted by Gasteiger charge is 2.19. The second-order valence-corrected chi connectivity index (χ2v) is 6.76.